The third-order valence-electron chi connectivity index (χ3n) is 3.34. The molecule has 0 saturated heterocycles. The smallest absolute Gasteiger partial charge is 0.130 e. The Labute approximate surface area is 121 Å². The Balaban J connectivity index is 2.11. The summed E-state index contributed by atoms with van der Waals surface area (Å²) in [4.78, 5) is 0. The molecule has 2 aromatic rings. The fraction of sp³-hybridized carbons (Fsp3) is 0.333. The molecule has 0 aliphatic rings. The Morgan fingerprint density at radius 1 is 1.00 bits per heavy atom. The topological polar surface area (TPSA) is 21.3 Å². The Morgan fingerprint density at radius 3 is 2.40 bits per heavy atom. The Kier molecular flexibility index (Phi) is 4.80. The highest BCUT2D eigenvalue weighted by Gasteiger charge is 2.04. The molecule has 0 heterocycles. The Bertz CT molecular complexity index is 575. The van der Waals surface area contributed by atoms with Crippen LogP contribution in [0.15, 0.2) is 42.5 Å². The second-order valence-electron chi connectivity index (χ2n) is 5.49. The second-order valence-corrected chi connectivity index (χ2v) is 5.49. The summed E-state index contributed by atoms with van der Waals surface area (Å²) in [6, 6.07) is 14.8. The lowest BCUT2D eigenvalue weighted by Crippen LogP contribution is -2.22. The van der Waals surface area contributed by atoms with Crippen LogP contribution in [0.3, 0.4) is 0 Å². The standard InChI is InChI=1S/C18H23NO/c1-13(2)19-12-16-9-10-17(11-15(16)4)20-18-8-6-5-7-14(18)3/h5-11,13,19H,12H2,1-4H3. The fourth-order valence-corrected chi connectivity index (χ4v) is 2.04. The van der Waals surface area contributed by atoms with Crippen LogP contribution in [-0.4, -0.2) is 6.04 Å². The number of rotatable bonds is 5. The van der Waals surface area contributed by atoms with Crippen LogP contribution < -0.4 is 10.1 Å². The van der Waals surface area contributed by atoms with Gasteiger partial charge >= 0.3 is 0 Å². The first-order valence-electron chi connectivity index (χ1n) is 7.12. The zero-order valence-corrected chi connectivity index (χ0v) is 12.7. The van der Waals surface area contributed by atoms with Crippen molar-refractivity contribution in [3.8, 4) is 11.5 Å². The second kappa shape index (κ2) is 6.58. The zero-order valence-electron chi connectivity index (χ0n) is 12.7. The van der Waals surface area contributed by atoms with Gasteiger partial charge in [-0.1, -0.05) is 38.1 Å². The highest BCUT2D eigenvalue weighted by molar-refractivity contribution is 5.40. The van der Waals surface area contributed by atoms with E-state index in [1.54, 1.807) is 0 Å². The predicted octanol–water partition coefficient (Wildman–Crippen LogP) is 4.59. The molecule has 0 aliphatic carbocycles. The van der Waals surface area contributed by atoms with Gasteiger partial charge in [-0.3, -0.25) is 0 Å². The molecule has 0 radical (unpaired) electrons. The molecule has 0 saturated carbocycles. The summed E-state index contributed by atoms with van der Waals surface area (Å²) in [6.07, 6.45) is 0. The quantitative estimate of drug-likeness (QED) is 0.857. The number of nitrogens with one attached hydrogen (secondary N) is 1. The van der Waals surface area contributed by atoms with Gasteiger partial charge in [0.1, 0.15) is 11.5 Å². The molecule has 0 amide bonds. The average Bonchev–Trinajstić information content (AvgIpc) is 2.40. The minimum Gasteiger partial charge on any atom is -0.457 e. The Morgan fingerprint density at radius 2 is 1.75 bits per heavy atom. The van der Waals surface area contributed by atoms with Gasteiger partial charge in [0.05, 0.1) is 0 Å². The number of benzene rings is 2. The summed E-state index contributed by atoms with van der Waals surface area (Å²) < 4.78 is 5.95. The van der Waals surface area contributed by atoms with Crippen LogP contribution in [0, 0.1) is 13.8 Å². The predicted molar refractivity (Wildman–Crippen MR) is 84.4 cm³/mol. The van der Waals surface area contributed by atoms with Gasteiger partial charge in [-0.2, -0.15) is 0 Å². The van der Waals surface area contributed by atoms with Crippen LogP contribution in [0.4, 0.5) is 0 Å². The summed E-state index contributed by atoms with van der Waals surface area (Å²) in [7, 11) is 0. The lowest BCUT2D eigenvalue weighted by molar-refractivity contribution is 0.478. The molecule has 0 bridgehead atoms. The van der Waals surface area contributed by atoms with Gasteiger partial charge in [0.15, 0.2) is 0 Å². The number of para-hydroxylation sites is 1. The van der Waals surface area contributed by atoms with Crippen LogP contribution in [0.1, 0.15) is 30.5 Å². The maximum atomic E-state index is 5.95. The van der Waals surface area contributed by atoms with Crippen molar-refractivity contribution in [1.29, 1.82) is 0 Å². The molecule has 20 heavy (non-hydrogen) atoms. The normalized spacial score (nSPS) is 10.8. The highest BCUT2D eigenvalue weighted by Crippen LogP contribution is 2.26. The monoisotopic (exact) mass is 269 g/mol. The van der Waals surface area contributed by atoms with Gasteiger partial charge in [0.2, 0.25) is 0 Å². The van der Waals surface area contributed by atoms with Gasteiger partial charge in [0.25, 0.3) is 0 Å². The van der Waals surface area contributed by atoms with Crippen molar-refractivity contribution in [2.24, 2.45) is 0 Å². The molecule has 2 nitrogen and oxygen atoms in total. The van der Waals surface area contributed by atoms with Crippen LogP contribution >= 0.6 is 0 Å². The third kappa shape index (κ3) is 3.84. The summed E-state index contributed by atoms with van der Waals surface area (Å²) >= 11 is 0. The largest absolute Gasteiger partial charge is 0.457 e. The lowest BCUT2D eigenvalue weighted by Gasteiger charge is -2.13. The molecule has 2 rings (SSSR count). The zero-order chi connectivity index (χ0) is 14.5. The number of hydrogen-bond donors (Lipinski definition) is 1. The van der Waals surface area contributed by atoms with E-state index in [9.17, 15) is 0 Å². The molecule has 106 valence electrons. The van der Waals surface area contributed by atoms with Gasteiger partial charge in [0, 0.05) is 12.6 Å². The van der Waals surface area contributed by atoms with Crippen LogP contribution in [0.5, 0.6) is 11.5 Å². The maximum Gasteiger partial charge on any atom is 0.130 e. The van der Waals surface area contributed by atoms with E-state index in [2.05, 4.69) is 51.2 Å². The van der Waals surface area contributed by atoms with Gasteiger partial charge in [-0.25, -0.2) is 0 Å². The van der Waals surface area contributed by atoms with E-state index in [-0.39, 0.29) is 0 Å². The first-order valence-corrected chi connectivity index (χ1v) is 7.12. The van der Waals surface area contributed by atoms with Crippen molar-refractivity contribution in [3.05, 3.63) is 59.2 Å². The summed E-state index contributed by atoms with van der Waals surface area (Å²) in [5, 5.41) is 3.44. The molecule has 0 aliphatic heterocycles. The molecule has 0 aromatic heterocycles. The van der Waals surface area contributed by atoms with Crippen LogP contribution in [-0.2, 0) is 6.54 Å². The van der Waals surface area contributed by atoms with Crippen molar-refractivity contribution in [2.75, 3.05) is 0 Å². The minimum atomic E-state index is 0.497. The molecule has 0 spiro atoms. The van der Waals surface area contributed by atoms with E-state index in [0.29, 0.717) is 6.04 Å². The molecule has 0 atom stereocenters. The molecule has 1 N–H and O–H groups in total. The van der Waals surface area contributed by atoms with E-state index >= 15 is 0 Å². The maximum absolute atomic E-state index is 5.95. The molecule has 2 heteroatoms. The fourth-order valence-electron chi connectivity index (χ4n) is 2.04. The van der Waals surface area contributed by atoms with E-state index in [1.807, 2.05) is 24.3 Å². The number of hydrogen-bond acceptors (Lipinski definition) is 2. The average molecular weight is 269 g/mol. The minimum absolute atomic E-state index is 0.497. The van der Waals surface area contributed by atoms with E-state index in [0.717, 1.165) is 23.6 Å². The van der Waals surface area contributed by atoms with Crippen molar-refractivity contribution in [2.45, 2.75) is 40.3 Å². The molecule has 0 unspecified atom stereocenters. The van der Waals surface area contributed by atoms with Crippen LogP contribution in [0.25, 0.3) is 0 Å². The van der Waals surface area contributed by atoms with Crippen molar-refractivity contribution in [3.63, 3.8) is 0 Å². The van der Waals surface area contributed by atoms with Crippen molar-refractivity contribution < 1.29 is 4.74 Å². The first-order chi connectivity index (χ1) is 9.56. The van der Waals surface area contributed by atoms with Crippen molar-refractivity contribution in [1.82, 2.24) is 5.32 Å². The van der Waals surface area contributed by atoms with Crippen LogP contribution in [0.2, 0.25) is 0 Å². The van der Waals surface area contributed by atoms with Gasteiger partial charge in [-0.05, 0) is 48.7 Å². The number of aryl methyl sites for hydroxylation is 2. The summed E-state index contributed by atoms with van der Waals surface area (Å²) in [5.41, 5.74) is 3.72. The summed E-state index contributed by atoms with van der Waals surface area (Å²) in [6.45, 7) is 9.40. The molecular weight excluding hydrogens is 246 g/mol. The molecular formula is C18H23NO. The Hall–Kier alpha value is -1.80. The summed E-state index contributed by atoms with van der Waals surface area (Å²) in [5.74, 6) is 1.81. The van der Waals surface area contributed by atoms with E-state index < -0.39 is 0 Å². The van der Waals surface area contributed by atoms with Crippen molar-refractivity contribution >= 4 is 0 Å². The van der Waals surface area contributed by atoms with Gasteiger partial charge in [-0.15, -0.1) is 0 Å². The van der Waals surface area contributed by atoms with E-state index in [1.165, 1.54) is 11.1 Å². The third-order valence-corrected chi connectivity index (χ3v) is 3.34. The number of ether oxygens (including phenoxy) is 1. The SMILES string of the molecule is Cc1cc(Oc2ccccc2C)ccc1CNC(C)C. The molecule has 2 aromatic carbocycles. The first kappa shape index (κ1) is 14.6. The van der Waals surface area contributed by atoms with Gasteiger partial charge < -0.3 is 10.1 Å². The lowest BCUT2D eigenvalue weighted by atomic mass is 10.1. The van der Waals surface area contributed by atoms with E-state index in [4.69, 9.17) is 4.74 Å². The molecule has 0 fully saturated rings. The highest BCUT2D eigenvalue weighted by atomic mass is 16.5.